The topological polar surface area (TPSA) is 103 Å². The van der Waals surface area contributed by atoms with Crippen molar-refractivity contribution in [3.63, 3.8) is 0 Å². The second-order valence-corrected chi connectivity index (χ2v) is 8.78. The van der Waals surface area contributed by atoms with Crippen LogP contribution in [0.2, 0.25) is 5.02 Å². The Hall–Kier alpha value is -3.43. The molecule has 0 heterocycles. The van der Waals surface area contributed by atoms with Gasteiger partial charge in [-0.2, -0.15) is 0 Å². The first-order chi connectivity index (χ1) is 15.8. The molecule has 1 amide bonds. The van der Waals surface area contributed by atoms with E-state index in [1.54, 1.807) is 48.5 Å². The number of carbonyl (C=O) groups excluding carboxylic acids is 1. The monoisotopic (exact) mass is 490 g/mol. The number of anilines is 2. The van der Waals surface area contributed by atoms with Gasteiger partial charge >= 0.3 is 0 Å². The number of rotatable bonds is 10. The fourth-order valence-electron chi connectivity index (χ4n) is 2.84. The van der Waals surface area contributed by atoms with E-state index in [2.05, 4.69) is 10.0 Å². The molecule has 0 unspecified atom stereocenters. The Morgan fingerprint density at radius 1 is 0.970 bits per heavy atom. The molecule has 0 spiro atoms. The van der Waals surface area contributed by atoms with Crippen molar-refractivity contribution in [3.05, 3.63) is 71.8 Å². The molecule has 10 heteroatoms. The maximum atomic E-state index is 12.7. The smallest absolute Gasteiger partial charge is 0.262 e. The van der Waals surface area contributed by atoms with Crippen molar-refractivity contribution in [2.24, 2.45) is 0 Å². The molecule has 0 aliphatic rings. The molecular weight excluding hydrogens is 468 g/mol. The highest BCUT2D eigenvalue weighted by Crippen LogP contribution is 2.29. The van der Waals surface area contributed by atoms with Crippen molar-refractivity contribution < 1.29 is 27.4 Å². The molecule has 0 saturated carbocycles. The second kappa shape index (κ2) is 10.9. The molecule has 3 rings (SSSR count). The Kier molecular flexibility index (Phi) is 8.02. The predicted octanol–water partition coefficient (Wildman–Crippen LogP) is 4.57. The molecule has 0 radical (unpaired) electrons. The Morgan fingerprint density at radius 2 is 1.70 bits per heavy atom. The Balaban J connectivity index is 1.63. The number of hydrogen-bond acceptors (Lipinski definition) is 6. The maximum absolute atomic E-state index is 12.7. The van der Waals surface area contributed by atoms with E-state index in [9.17, 15) is 13.2 Å². The van der Waals surface area contributed by atoms with Crippen LogP contribution in [-0.2, 0) is 14.8 Å². The van der Waals surface area contributed by atoms with Crippen LogP contribution in [0.3, 0.4) is 0 Å². The lowest BCUT2D eigenvalue weighted by Gasteiger charge is -2.13. The van der Waals surface area contributed by atoms with Crippen LogP contribution in [0.5, 0.6) is 17.2 Å². The van der Waals surface area contributed by atoms with E-state index in [0.29, 0.717) is 29.5 Å². The highest BCUT2D eigenvalue weighted by Gasteiger charge is 2.17. The lowest BCUT2D eigenvalue weighted by atomic mass is 10.3. The summed E-state index contributed by atoms with van der Waals surface area (Å²) in [6.45, 7) is 2.05. The number of hydrogen-bond donors (Lipinski definition) is 2. The van der Waals surface area contributed by atoms with Crippen molar-refractivity contribution >= 4 is 38.9 Å². The third kappa shape index (κ3) is 6.53. The SMILES string of the molecule is CCOc1ccc(NS(=O)(=O)c2ccc(OCC(=O)Nc3ccccc3OC)c(Cl)c2)cc1. The fraction of sp³-hybridized carbons (Fsp3) is 0.174. The Morgan fingerprint density at radius 3 is 2.36 bits per heavy atom. The summed E-state index contributed by atoms with van der Waals surface area (Å²) in [6.07, 6.45) is 0. The van der Waals surface area contributed by atoms with Gasteiger partial charge in [0.1, 0.15) is 17.2 Å². The lowest BCUT2D eigenvalue weighted by Crippen LogP contribution is -2.20. The zero-order chi connectivity index (χ0) is 23.8. The van der Waals surface area contributed by atoms with Crippen molar-refractivity contribution in [1.82, 2.24) is 0 Å². The molecule has 3 aromatic rings. The number of nitrogens with one attached hydrogen (secondary N) is 2. The predicted molar refractivity (Wildman–Crippen MR) is 127 cm³/mol. The van der Waals surface area contributed by atoms with Gasteiger partial charge in [0.05, 0.1) is 29.3 Å². The fourth-order valence-corrected chi connectivity index (χ4v) is 4.23. The summed E-state index contributed by atoms with van der Waals surface area (Å²) in [4.78, 5) is 12.2. The first-order valence-electron chi connectivity index (χ1n) is 9.93. The molecule has 0 saturated heterocycles. The van der Waals surface area contributed by atoms with Crippen LogP contribution in [0, 0.1) is 0 Å². The lowest BCUT2D eigenvalue weighted by molar-refractivity contribution is -0.118. The number of amides is 1. The second-order valence-electron chi connectivity index (χ2n) is 6.69. The molecule has 0 aliphatic carbocycles. The molecule has 33 heavy (non-hydrogen) atoms. The summed E-state index contributed by atoms with van der Waals surface area (Å²) in [7, 11) is -2.38. The van der Waals surface area contributed by atoms with Gasteiger partial charge in [-0.3, -0.25) is 9.52 Å². The summed E-state index contributed by atoms with van der Waals surface area (Å²) < 4.78 is 43.8. The summed E-state index contributed by atoms with van der Waals surface area (Å²) in [5.41, 5.74) is 0.879. The number of ether oxygens (including phenoxy) is 3. The van der Waals surface area contributed by atoms with Gasteiger partial charge in [0.2, 0.25) is 0 Å². The number of carbonyl (C=O) groups is 1. The average molecular weight is 491 g/mol. The van der Waals surface area contributed by atoms with Crippen LogP contribution in [0.15, 0.2) is 71.6 Å². The molecule has 0 aliphatic heterocycles. The van der Waals surface area contributed by atoms with Crippen molar-refractivity contribution in [2.75, 3.05) is 30.4 Å². The molecular formula is C23H23ClN2O6S. The van der Waals surface area contributed by atoms with Gasteiger partial charge in [-0.05, 0) is 61.5 Å². The van der Waals surface area contributed by atoms with Gasteiger partial charge < -0.3 is 19.5 Å². The number of halogens is 1. The summed E-state index contributed by atoms with van der Waals surface area (Å²) in [5.74, 6) is 0.898. The first kappa shape index (κ1) is 24.2. The normalized spacial score (nSPS) is 10.9. The van der Waals surface area contributed by atoms with E-state index in [4.69, 9.17) is 25.8 Å². The van der Waals surface area contributed by atoms with Gasteiger partial charge in [0.15, 0.2) is 6.61 Å². The van der Waals surface area contributed by atoms with Gasteiger partial charge in [-0.15, -0.1) is 0 Å². The molecule has 3 aromatic carbocycles. The minimum atomic E-state index is -3.88. The number of sulfonamides is 1. The summed E-state index contributed by atoms with van der Waals surface area (Å²) in [6, 6.07) is 17.5. The van der Waals surface area contributed by atoms with Gasteiger partial charge in [0.25, 0.3) is 15.9 Å². The highest BCUT2D eigenvalue weighted by atomic mass is 35.5. The van der Waals surface area contributed by atoms with E-state index in [1.165, 1.54) is 25.3 Å². The largest absolute Gasteiger partial charge is 0.495 e. The van der Waals surface area contributed by atoms with Crippen LogP contribution < -0.4 is 24.2 Å². The van der Waals surface area contributed by atoms with Gasteiger partial charge in [0, 0.05) is 5.69 Å². The van der Waals surface area contributed by atoms with Crippen LogP contribution in [0.1, 0.15) is 6.92 Å². The summed E-state index contributed by atoms with van der Waals surface area (Å²) in [5, 5.41) is 2.73. The van der Waals surface area contributed by atoms with E-state index < -0.39 is 15.9 Å². The van der Waals surface area contributed by atoms with Crippen LogP contribution in [-0.4, -0.2) is 34.6 Å². The molecule has 2 N–H and O–H groups in total. The Bertz CT molecular complexity index is 1220. The minimum Gasteiger partial charge on any atom is -0.495 e. The van der Waals surface area contributed by atoms with E-state index in [0.717, 1.165) is 0 Å². The molecule has 0 bridgehead atoms. The zero-order valence-electron chi connectivity index (χ0n) is 18.0. The third-order valence-corrected chi connectivity index (χ3v) is 6.05. The molecule has 0 fully saturated rings. The van der Waals surface area contributed by atoms with Crippen molar-refractivity contribution in [3.8, 4) is 17.2 Å². The van der Waals surface area contributed by atoms with Crippen LogP contribution in [0.25, 0.3) is 0 Å². The van der Waals surface area contributed by atoms with Crippen molar-refractivity contribution in [1.29, 1.82) is 0 Å². The molecule has 174 valence electrons. The Labute approximate surface area is 197 Å². The highest BCUT2D eigenvalue weighted by molar-refractivity contribution is 7.92. The van der Waals surface area contributed by atoms with Crippen LogP contribution >= 0.6 is 11.6 Å². The van der Waals surface area contributed by atoms with E-state index in [1.807, 2.05) is 6.92 Å². The molecule has 0 aromatic heterocycles. The standard InChI is InChI=1S/C23H23ClN2O6S/c1-3-31-17-10-8-16(9-11-17)26-33(28,29)18-12-13-21(19(24)14-18)32-15-23(27)25-20-6-4-5-7-22(20)30-2/h4-14,26H,3,15H2,1-2H3,(H,25,27). The van der Waals surface area contributed by atoms with Gasteiger partial charge in [-0.25, -0.2) is 8.42 Å². The number of methoxy groups -OCH3 is 1. The van der Waals surface area contributed by atoms with Gasteiger partial charge in [-0.1, -0.05) is 23.7 Å². The zero-order valence-corrected chi connectivity index (χ0v) is 19.6. The molecule has 0 atom stereocenters. The third-order valence-electron chi connectivity index (χ3n) is 4.37. The van der Waals surface area contributed by atoms with Crippen LogP contribution in [0.4, 0.5) is 11.4 Å². The maximum Gasteiger partial charge on any atom is 0.262 e. The number of para-hydroxylation sites is 2. The van der Waals surface area contributed by atoms with E-state index >= 15 is 0 Å². The first-order valence-corrected chi connectivity index (χ1v) is 11.8. The molecule has 8 nitrogen and oxygen atoms in total. The minimum absolute atomic E-state index is 0.0489. The summed E-state index contributed by atoms with van der Waals surface area (Å²) >= 11 is 6.20. The van der Waals surface area contributed by atoms with Crippen molar-refractivity contribution in [2.45, 2.75) is 11.8 Å². The quantitative estimate of drug-likeness (QED) is 0.431. The average Bonchev–Trinajstić information content (AvgIpc) is 2.80. The van der Waals surface area contributed by atoms with E-state index in [-0.39, 0.29) is 22.3 Å². The number of benzene rings is 3.